The van der Waals surface area contributed by atoms with E-state index in [4.69, 9.17) is 9.47 Å². The van der Waals surface area contributed by atoms with Crippen molar-refractivity contribution < 1.29 is 19.1 Å². The average Bonchev–Trinajstić information content (AvgIpc) is 3.40. The first-order valence-electron chi connectivity index (χ1n) is 11.0. The molecule has 2 aliphatic carbocycles. The Hall–Kier alpha value is -1.14. The standard InChI is InChI=1S/C21H34N2O4/c1-15-6-4-10-21(12-15)23(20(25)16-7-2-3-8-16)18(14-27-21)19(24)22-13-17-9-5-11-26-17/h15-18H,2-14H2,1H3,(H,22,24)/t15-,17-,18-,21-/m0/s1. The van der Waals surface area contributed by atoms with Crippen LogP contribution in [0.25, 0.3) is 0 Å². The van der Waals surface area contributed by atoms with Crippen LogP contribution in [-0.4, -0.2) is 54.3 Å². The van der Waals surface area contributed by atoms with Gasteiger partial charge in [-0.2, -0.15) is 0 Å². The second-order valence-corrected chi connectivity index (χ2v) is 9.04. The molecule has 4 atom stereocenters. The van der Waals surface area contributed by atoms with Gasteiger partial charge in [-0.25, -0.2) is 0 Å². The van der Waals surface area contributed by atoms with E-state index >= 15 is 0 Å². The van der Waals surface area contributed by atoms with E-state index in [0.717, 1.165) is 64.4 Å². The number of carbonyl (C=O) groups is 2. The van der Waals surface area contributed by atoms with Crippen LogP contribution in [0.15, 0.2) is 0 Å². The maximum atomic E-state index is 13.4. The molecule has 2 saturated heterocycles. The van der Waals surface area contributed by atoms with Gasteiger partial charge in [-0.3, -0.25) is 14.5 Å². The van der Waals surface area contributed by atoms with Gasteiger partial charge in [0.15, 0.2) is 0 Å². The fraction of sp³-hybridized carbons (Fsp3) is 0.905. The minimum absolute atomic E-state index is 0.0641. The zero-order valence-electron chi connectivity index (χ0n) is 16.6. The molecule has 2 heterocycles. The van der Waals surface area contributed by atoms with Crippen LogP contribution in [0.1, 0.15) is 71.1 Å². The van der Waals surface area contributed by atoms with Crippen molar-refractivity contribution in [1.82, 2.24) is 10.2 Å². The molecule has 0 unspecified atom stereocenters. The lowest BCUT2D eigenvalue weighted by atomic mass is 9.82. The summed E-state index contributed by atoms with van der Waals surface area (Å²) in [5, 5.41) is 3.04. The number of hydrogen-bond acceptors (Lipinski definition) is 4. The number of nitrogens with zero attached hydrogens (tertiary/aromatic N) is 1. The third kappa shape index (κ3) is 3.88. The lowest BCUT2D eigenvalue weighted by Gasteiger charge is -2.44. The number of ether oxygens (including phenoxy) is 2. The summed E-state index contributed by atoms with van der Waals surface area (Å²) in [6.45, 7) is 3.86. The van der Waals surface area contributed by atoms with Crippen LogP contribution < -0.4 is 5.32 Å². The number of hydrogen-bond donors (Lipinski definition) is 1. The van der Waals surface area contributed by atoms with Gasteiger partial charge >= 0.3 is 0 Å². The fourth-order valence-electron chi connectivity index (χ4n) is 5.54. The molecule has 4 fully saturated rings. The van der Waals surface area contributed by atoms with Gasteiger partial charge in [0.25, 0.3) is 0 Å². The zero-order chi connectivity index (χ0) is 18.9. The second-order valence-electron chi connectivity index (χ2n) is 9.04. The largest absolute Gasteiger partial charge is 0.376 e. The highest BCUT2D eigenvalue weighted by Gasteiger charge is 2.54. The molecule has 2 saturated carbocycles. The van der Waals surface area contributed by atoms with E-state index in [-0.39, 0.29) is 23.8 Å². The van der Waals surface area contributed by atoms with Gasteiger partial charge in [0, 0.05) is 19.1 Å². The molecule has 152 valence electrons. The molecule has 0 radical (unpaired) electrons. The van der Waals surface area contributed by atoms with Gasteiger partial charge in [-0.15, -0.1) is 0 Å². The van der Waals surface area contributed by atoms with Gasteiger partial charge in [0.05, 0.1) is 12.7 Å². The Bertz CT molecular complexity index is 556. The highest BCUT2D eigenvalue weighted by atomic mass is 16.5. The first-order valence-corrected chi connectivity index (χ1v) is 11.0. The lowest BCUT2D eigenvalue weighted by molar-refractivity contribution is -0.166. The van der Waals surface area contributed by atoms with Crippen LogP contribution in [0, 0.1) is 11.8 Å². The Balaban J connectivity index is 1.50. The lowest BCUT2D eigenvalue weighted by Crippen LogP contribution is -2.58. The van der Waals surface area contributed by atoms with Crippen molar-refractivity contribution in [3.8, 4) is 0 Å². The van der Waals surface area contributed by atoms with Crippen molar-refractivity contribution in [2.75, 3.05) is 19.8 Å². The molecule has 1 N–H and O–H groups in total. The number of amides is 2. The molecule has 2 amide bonds. The molecule has 0 aromatic heterocycles. The summed E-state index contributed by atoms with van der Waals surface area (Å²) in [5.41, 5.74) is -0.566. The molecule has 4 rings (SSSR count). The average molecular weight is 379 g/mol. The molecular formula is C21H34N2O4. The van der Waals surface area contributed by atoms with Crippen molar-refractivity contribution in [3.63, 3.8) is 0 Å². The Labute approximate surface area is 162 Å². The normalized spacial score (nSPS) is 37.2. The molecule has 4 aliphatic rings. The number of carbonyl (C=O) groups excluding carboxylic acids is 2. The summed E-state index contributed by atoms with van der Waals surface area (Å²) < 4.78 is 11.9. The van der Waals surface area contributed by atoms with Crippen LogP contribution in [0.2, 0.25) is 0 Å². The van der Waals surface area contributed by atoms with Gasteiger partial charge in [0.1, 0.15) is 11.8 Å². The van der Waals surface area contributed by atoms with E-state index in [1.165, 1.54) is 6.42 Å². The number of nitrogens with one attached hydrogen (secondary N) is 1. The fourth-order valence-corrected chi connectivity index (χ4v) is 5.54. The Morgan fingerprint density at radius 1 is 1.11 bits per heavy atom. The van der Waals surface area contributed by atoms with Crippen LogP contribution in [-0.2, 0) is 19.1 Å². The zero-order valence-corrected chi connectivity index (χ0v) is 16.6. The smallest absolute Gasteiger partial charge is 0.245 e. The van der Waals surface area contributed by atoms with E-state index in [1.54, 1.807) is 0 Å². The van der Waals surface area contributed by atoms with E-state index in [2.05, 4.69) is 12.2 Å². The maximum Gasteiger partial charge on any atom is 0.245 e. The van der Waals surface area contributed by atoms with Gasteiger partial charge in [0.2, 0.25) is 11.8 Å². The first-order chi connectivity index (χ1) is 13.1. The van der Waals surface area contributed by atoms with Crippen molar-refractivity contribution in [3.05, 3.63) is 0 Å². The summed E-state index contributed by atoms with van der Waals surface area (Å²) >= 11 is 0. The van der Waals surface area contributed by atoms with Crippen LogP contribution in [0.3, 0.4) is 0 Å². The molecule has 1 spiro atoms. The molecule has 27 heavy (non-hydrogen) atoms. The highest BCUT2D eigenvalue weighted by molar-refractivity contribution is 5.89. The topological polar surface area (TPSA) is 67.9 Å². The molecule has 2 aliphatic heterocycles. The van der Waals surface area contributed by atoms with Crippen molar-refractivity contribution >= 4 is 11.8 Å². The van der Waals surface area contributed by atoms with Crippen LogP contribution >= 0.6 is 0 Å². The van der Waals surface area contributed by atoms with Crippen molar-refractivity contribution in [2.24, 2.45) is 11.8 Å². The second kappa shape index (κ2) is 8.08. The molecule has 6 heteroatoms. The maximum absolute atomic E-state index is 13.4. The summed E-state index contributed by atoms with van der Waals surface area (Å²) in [6.07, 6.45) is 10.2. The predicted molar refractivity (Wildman–Crippen MR) is 101 cm³/mol. The molecule has 0 aromatic rings. The van der Waals surface area contributed by atoms with E-state index in [0.29, 0.717) is 19.1 Å². The summed E-state index contributed by atoms with van der Waals surface area (Å²) in [7, 11) is 0. The van der Waals surface area contributed by atoms with Gasteiger partial charge < -0.3 is 14.8 Å². The van der Waals surface area contributed by atoms with E-state index in [1.807, 2.05) is 4.90 Å². The summed E-state index contributed by atoms with van der Waals surface area (Å²) in [4.78, 5) is 28.3. The van der Waals surface area contributed by atoms with Crippen LogP contribution in [0.4, 0.5) is 0 Å². The quantitative estimate of drug-likeness (QED) is 0.817. The highest BCUT2D eigenvalue weighted by Crippen LogP contribution is 2.44. The van der Waals surface area contributed by atoms with E-state index in [9.17, 15) is 9.59 Å². The molecule has 6 nitrogen and oxygen atoms in total. The predicted octanol–water partition coefficient (Wildman–Crippen LogP) is 2.61. The SMILES string of the molecule is C[C@H]1CCC[C@@]2(C1)OC[C@@H](C(=O)NC[C@@H]1CCCO1)N2C(=O)C1CCCC1. The van der Waals surface area contributed by atoms with Gasteiger partial charge in [-0.05, 0) is 50.9 Å². The minimum atomic E-state index is -0.566. The third-order valence-electron chi connectivity index (χ3n) is 6.96. The summed E-state index contributed by atoms with van der Waals surface area (Å²) in [6, 6.07) is -0.496. The number of rotatable bonds is 4. The Morgan fingerprint density at radius 2 is 1.93 bits per heavy atom. The van der Waals surface area contributed by atoms with E-state index < -0.39 is 11.8 Å². The van der Waals surface area contributed by atoms with Crippen LogP contribution in [0.5, 0.6) is 0 Å². The Kier molecular flexibility index (Phi) is 5.74. The van der Waals surface area contributed by atoms with Gasteiger partial charge in [-0.1, -0.05) is 26.2 Å². The molecule has 0 aromatic carbocycles. The molecule has 0 bridgehead atoms. The monoisotopic (exact) mass is 378 g/mol. The minimum Gasteiger partial charge on any atom is -0.376 e. The summed E-state index contributed by atoms with van der Waals surface area (Å²) in [5.74, 6) is 0.656. The Morgan fingerprint density at radius 3 is 2.63 bits per heavy atom. The van der Waals surface area contributed by atoms with Crippen molar-refractivity contribution in [1.29, 1.82) is 0 Å². The first kappa shape index (κ1) is 19.2. The third-order valence-corrected chi connectivity index (χ3v) is 6.96. The molecular weight excluding hydrogens is 344 g/mol. The van der Waals surface area contributed by atoms with Crippen molar-refractivity contribution in [2.45, 2.75) is 89.0 Å².